The van der Waals surface area contributed by atoms with Crippen molar-refractivity contribution in [2.24, 2.45) is 0 Å². The van der Waals surface area contributed by atoms with Crippen molar-refractivity contribution in [2.75, 3.05) is 18.9 Å². The van der Waals surface area contributed by atoms with Crippen molar-refractivity contribution in [3.63, 3.8) is 0 Å². The first-order chi connectivity index (χ1) is 9.15. The summed E-state index contributed by atoms with van der Waals surface area (Å²) in [6.45, 7) is 2.86. The highest BCUT2D eigenvalue weighted by molar-refractivity contribution is 5.80. The fourth-order valence-electron chi connectivity index (χ4n) is 2.06. The summed E-state index contributed by atoms with van der Waals surface area (Å²) in [7, 11) is 0. The summed E-state index contributed by atoms with van der Waals surface area (Å²) in [6, 6.07) is 7.22. The van der Waals surface area contributed by atoms with Crippen molar-refractivity contribution in [3.8, 4) is 5.75 Å². The number of carbonyl (C=O) groups is 1. The van der Waals surface area contributed by atoms with Gasteiger partial charge in [-0.2, -0.15) is 0 Å². The topological polar surface area (TPSA) is 73.6 Å². The van der Waals surface area contributed by atoms with E-state index in [9.17, 15) is 4.79 Å². The van der Waals surface area contributed by atoms with Gasteiger partial charge >= 0.3 is 0 Å². The van der Waals surface area contributed by atoms with Crippen LogP contribution < -0.4 is 15.8 Å². The fraction of sp³-hybridized carbons (Fsp3) is 0.500. The molecule has 1 amide bonds. The molecule has 0 aliphatic carbocycles. The summed E-state index contributed by atoms with van der Waals surface area (Å²) in [5.74, 6) is 0.653. The third-order valence-electron chi connectivity index (χ3n) is 3.05. The highest BCUT2D eigenvalue weighted by atomic mass is 16.5. The Hall–Kier alpha value is -1.75. The summed E-state index contributed by atoms with van der Waals surface area (Å²) in [5, 5.41) is 2.81. The van der Waals surface area contributed by atoms with Gasteiger partial charge < -0.3 is 20.5 Å². The Morgan fingerprint density at radius 3 is 3.05 bits per heavy atom. The van der Waals surface area contributed by atoms with Crippen LogP contribution in [0.5, 0.6) is 5.75 Å². The molecule has 104 valence electrons. The maximum absolute atomic E-state index is 11.7. The van der Waals surface area contributed by atoms with Crippen LogP contribution in [0.4, 0.5) is 5.69 Å². The molecule has 1 heterocycles. The molecule has 1 aliphatic heterocycles. The largest absolute Gasteiger partial charge is 0.492 e. The summed E-state index contributed by atoms with van der Waals surface area (Å²) < 4.78 is 11.0. The highest BCUT2D eigenvalue weighted by Crippen LogP contribution is 2.18. The van der Waals surface area contributed by atoms with E-state index < -0.39 is 0 Å². The minimum absolute atomic E-state index is 0.0551. The normalized spacial score (nSPS) is 22.2. The van der Waals surface area contributed by atoms with Crippen molar-refractivity contribution >= 4 is 11.6 Å². The number of benzene rings is 1. The van der Waals surface area contributed by atoms with Crippen LogP contribution in [0.2, 0.25) is 0 Å². The Kier molecular flexibility index (Phi) is 4.63. The lowest BCUT2D eigenvalue weighted by Crippen LogP contribution is -2.36. The molecule has 0 saturated carbocycles. The molecule has 2 atom stereocenters. The van der Waals surface area contributed by atoms with Gasteiger partial charge in [-0.1, -0.05) is 6.07 Å². The predicted octanol–water partition coefficient (Wildman–Crippen LogP) is 1.33. The molecule has 1 aromatic rings. The molecule has 3 N–H and O–H groups in total. The van der Waals surface area contributed by atoms with Gasteiger partial charge in [-0.05, 0) is 31.9 Å². The van der Waals surface area contributed by atoms with E-state index in [-0.39, 0.29) is 18.1 Å². The van der Waals surface area contributed by atoms with Gasteiger partial charge in [0.05, 0.1) is 12.6 Å². The third-order valence-corrected chi connectivity index (χ3v) is 3.05. The number of nitrogens with one attached hydrogen (secondary N) is 1. The van der Waals surface area contributed by atoms with Gasteiger partial charge in [0, 0.05) is 11.8 Å². The fourth-order valence-corrected chi connectivity index (χ4v) is 2.06. The Morgan fingerprint density at radius 2 is 2.37 bits per heavy atom. The van der Waals surface area contributed by atoms with Crippen molar-refractivity contribution in [2.45, 2.75) is 32.0 Å². The summed E-state index contributed by atoms with van der Waals surface area (Å²) in [6.07, 6.45) is 1.61. The summed E-state index contributed by atoms with van der Waals surface area (Å²) in [5.41, 5.74) is 6.30. The van der Waals surface area contributed by atoms with Gasteiger partial charge in [-0.15, -0.1) is 0 Å². The molecule has 2 rings (SSSR count). The van der Waals surface area contributed by atoms with Crippen LogP contribution in [0.25, 0.3) is 0 Å². The summed E-state index contributed by atoms with van der Waals surface area (Å²) in [4.78, 5) is 11.7. The zero-order valence-corrected chi connectivity index (χ0v) is 11.1. The zero-order valence-electron chi connectivity index (χ0n) is 11.1. The van der Waals surface area contributed by atoms with E-state index in [1.54, 1.807) is 12.1 Å². The first-order valence-corrected chi connectivity index (χ1v) is 6.56. The predicted molar refractivity (Wildman–Crippen MR) is 72.9 cm³/mol. The van der Waals surface area contributed by atoms with Crippen LogP contribution in [0.3, 0.4) is 0 Å². The van der Waals surface area contributed by atoms with E-state index in [1.165, 1.54) is 0 Å². The van der Waals surface area contributed by atoms with Crippen molar-refractivity contribution in [3.05, 3.63) is 24.3 Å². The molecule has 5 heteroatoms. The van der Waals surface area contributed by atoms with E-state index in [0.717, 1.165) is 12.8 Å². The Bertz CT molecular complexity index is 436. The SMILES string of the molecule is CC1CCC(C(=O)NCCOc2cccc(N)c2)O1. The van der Waals surface area contributed by atoms with Crippen LogP contribution >= 0.6 is 0 Å². The van der Waals surface area contributed by atoms with Crippen molar-refractivity contribution in [1.29, 1.82) is 0 Å². The molecule has 1 fully saturated rings. The zero-order chi connectivity index (χ0) is 13.7. The maximum atomic E-state index is 11.7. The standard InChI is InChI=1S/C14H20N2O3/c1-10-5-6-13(19-10)14(17)16-7-8-18-12-4-2-3-11(15)9-12/h2-4,9-10,13H,5-8,15H2,1H3,(H,16,17). The van der Waals surface area contributed by atoms with Gasteiger partial charge in [-0.25, -0.2) is 0 Å². The monoisotopic (exact) mass is 264 g/mol. The number of amides is 1. The van der Waals surface area contributed by atoms with Gasteiger partial charge in [0.25, 0.3) is 0 Å². The molecule has 5 nitrogen and oxygen atoms in total. The van der Waals surface area contributed by atoms with Gasteiger partial charge in [0.1, 0.15) is 18.5 Å². The molecule has 0 aromatic heterocycles. The molecule has 0 spiro atoms. The second kappa shape index (κ2) is 6.43. The van der Waals surface area contributed by atoms with Crippen LogP contribution in [-0.4, -0.2) is 31.3 Å². The lowest BCUT2D eigenvalue weighted by Gasteiger charge is -2.12. The molecular weight excluding hydrogens is 244 g/mol. The third kappa shape index (κ3) is 4.13. The average molecular weight is 264 g/mol. The second-order valence-corrected chi connectivity index (χ2v) is 4.72. The van der Waals surface area contributed by atoms with E-state index in [4.69, 9.17) is 15.2 Å². The van der Waals surface area contributed by atoms with Crippen LogP contribution in [0.1, 0.15) is 19.8 Å². The van der Waals surface area contributed by atoms with Crippen molar-refractivity contribution < 1.29 is 14.3 Å². The number of hydrogen-bond donors (Lipinski definition) is 2. The Balaban J connectivity index is 1.65. The lowest BCUT2D eigenvalue weighted by atomic mass is 10.2. The lowest BCUT2D eigenvalue weighted by molar-refractivity contribution is -0.131. The van der Waals surface area contributed by atoms with E-state index in [1.807, 2.05) is 19.1 Å². The number of nitrogens with two attached hydrogens (primary N) is 1. The molecular formula is C14H20N2O3. The first-order valence-electron chi connectivity index (χ1n) is 6.56. The number of rotatable bonds is 5. The molecule has 1 aliphatic rings. The number of nitrogen functional groups attached to an aromatic ring is 1. The Morgan fingerprint density at radius 1 is 1.53 bits per heavy atom. The average Bonchev–Trinajstić information content (AvgIpc) is 2.81. The molecule has 1 aromatic carbocycles. The minimum Gasteiger partial charge on any atom is -0.492 e. The van der Waals surface area contributed by atoms with E-state index in [0.29, 0.717) is 24.6 Å². The van der Waals surface area contributed by atoms with Crippen LogP contribution in [-0.2, 0) is 9.53 Å². The van der Waals surface area contributed by atoms with Crippen molar-refractivity contribution in [1.82, 2.24) is 5.32 Å². The summed E-state index contributed by atoms with van der Waals surface area (Å²) >= 11 is 0. The highest BCUT2D eigenvalue weighted by Gasteiger charge is 2.27. The van der Waals surface area contributed by atoms with Gasteiger partial charge in [0.15, 0.2) is 0 Å². The van der Waals surface area contributed by atoms with Crippen LogP contribution in [0, 0.1) is 0 Å². The molecule has 1 saturated heterocycles. The Labute approximate surface area is 113 Å². The first kappa shape index (κ1) is 13.7. The van der Waals surface area contributed by atoms with E-state index >= 15 is 0 Å². The molecule has 0 radical (unpaired) electrons. The molecule has 0 bridgehead atoms. The van der Waals surface area contributed by atoms with Gasteiger partial charge in [0.2, 0.25) is 5.91 Å². The quantitative estimate of drug-likeness (QED) is 0.621. The van der Waals surface area contributed by atoms with Crippen LogP contribution in [0.15, 0.2) is 24.3 Å². The molecule has 2 unspecified atom stereocenters. The number of hydrogen-bond acceptors (Lipinski definition) is 4. The van der Waals surface area contributed by atoms with Gasteiger partial charge in [-0.3, -0.25) is 4.79 Å². The maximum Gasteiger partial charge on any atom is 0.249 e. The van der Waals surface area contributed by atoms with E-state index in [2.05, 4.69) is 5.32 Å². The molecule has 19 heavy (non-hydrogen) atoms. The number of anilines is 1. The minimum atomic E-state index is -0.303. The smallest absolute Gasteiger partial charge is 0.249 e. The second-order valence-electron chi connectivity index (χ2n) is 4.72. The number of carbonyl (C=O) groups excluding carboxylic acids is 1. The number of ether oxygens (including phenoxy) is 2.